The number of aryl methyl sites for hydroxylation is 1. The van der Waals surface area contributed by atoms with Crippen LogP contribution in [0.2, 0.25) is 0 Å². The van der Waals surface area contributed by atoms with Crippen molar-refractivity contribution in [1.82, 2.24) is 0 Å². The highest BCUT2D eigenvalue weighted by atomic mass is 16.5. The van der Waals surface area contributed by atoms with Crippen LogP contribution in [-0.4, -0.2) is 12.7 Å². The van der Waals surface area contributed by atoms with E-state index in [4.69, 9.17) is 4.74 Å². The van der Waals surface area contributed by atoms with Gasteiger partial charge in [0.1, 0.15) is 5.75 Å². The molecule has 16 heavy (non-hydrogen) atoms. The van der Waals surface area contributed by atoms with Gasteiger partial charge in [0.25, 0.3) is 0 Å². The van der Waals surface area contributed by atoms with Crippen LogP contribution < -0.4 is 4.74 Å². The molecule has 0 aromatic heterocycles. The second-order valence-electron chi connectivity index (χ2n) is 4.33. The predicted molar refractivity (Wildman–Crippen MR) is 65.3 cm³/mol. The average Bonchev–Trinajstić information content (AvgIpc) is 2.26. The van der Waals surface area contributed by atoms with Crippen molar-refractivity contribution < 1.29 is 9.84 Å². The normalized spacial score (nSPS) is 10.8. The number of hydrogen-bond donors (Lipinski definition) is 0. The SMILES string of the molecule is CC(C)Oc1ccc(CCCCC[O])cc1. The zero-order valence-electron chi connectivity index (χ0n) is 10.2. The maximum Gasteiger partial charge on any atom is 0.119 e. The lowest BCUT2D eigenvalue weighted by atomic mass is 10.1. The van der Waals surface area contributed by atoms with Gasteiger partial charge >= 0.3 is 0 Å². The molecular formula is C14H21O2. The van der Waals surface area contributed by atoms with Crippen LogP contribution in [0.4, 0.5) is 0 Å². The lowest BCUT2D eigenvalue weighted by Gasteiger charge is -2.10. The molecule has 0 aliphatic rings. The fourth-order valence-electron chi connectivity index (χ4n) is 1.61. The van der Waals surface area contributed by atoms with Crippen LogP contribution in [0.3, 0.4) is 0 Å². The van der Waals surface area contributed by atoms with Crippen LogP contribution in [0.5, 0.6) is 5.75 Å². The molecule has 0 spiro atoms. The topological polar surface area (TPSA) is 29.1 Å². The second-order valence-corrected chi connectivity index (χ2v) is 4.33. The summed E-state index contributed by atoms with van der Waals surface area (Å²) in [5.41, 5.74) is 1.32. The molecule has 1 radical (unpaired) electrons. The smallest absolute Gasteiger partial charge is 0.119 e. The van der Waals surface area contributed by atoms with Crippen molar-refractivity contribution in [3.8, 4) is 5.75 Å². The highest BCUT2D eigenvalue weighted by Crippen LogP contribution is 2.15. The summed E-state index contributed by atoms with van der Waals surface area (Å²) in [5.74, 6) is 0.929. The van der Waals surface area contributed by atoms with E-state index in [1.807, 2.05) is 26.0 Å². The minimum atomic E-state index is 0.0567. The summed E-state index contributed by atoms with van der Waals surface area (Å²) in [6.07, 6.45) is 4.22. The Morgan fingerprint density at radius 1 is 1.06 bits per heavy atom. The first-order valence-electron chi connectivity index (χ1n) is 6.06. The van der Waals surface area contributed by atoms with E-state index in [0.717, 1.165) is 31.4 Å². The van der Waals surface area contributed by atoms with E-state index in [9.17, 15) is 5.11 Å². The molecule has 0 saturated heterocycles. The third-order valence-corrected chi connectivity index (χ3v) is 2.40. The van der Waals surface area contributed by atoms with Crippen LogP contribution in [0.1, 0.15) is 38.7 Å². The van der Waals surface area contributed by atoms with E-state index in [-0.39, 0.29) is 12.7 Å². The molecule has 0 amide bonds. The summed E-state index contributed by atoms with van der Waals surface area (Å²) in [5, 5.41) is 10.3. The molecular weight excluding hydrogens is 200 g/mol. The molecule has 1 rings (SSSR count). The van der Waals surface area contributed by atoms with Gasteiger partial charge < -0.3 is 4.74 Å². The third kappa shape index (κ3) is 5.17. The van der Waals surface area contributed by atoms with Crippen molar-refractivity contribution in [2.24, 2.45) is 0 Å². The van der Waals surface area contributed by atoms with Crippen molar-refractivity contribution in [1.29, 1.82) is 0 Å². The van der Waals surface area contributed by atoms with Gasteiger partial charge in [-0.3, -0.25) is 0 Å². The molecule has 0 unspecified atom stereocenters. The van der Waals surface area contributed by atoms with Gasteiger partial charge in [-0.2, -0.15) is 0 Å². The van der Waals surface area contributed by atoms with Crippen LogP contribution in [-0.2, 0) is 11.5 Å². The third-order valence-electron chi connectivity index (χ3n) is 2.40. The van der Waals surface area contributed by atoms with E-state index in [1.165, 1.54) is 5.56 Å². The van der Waals surface area contributed by atoms with Crippen molar-refractivity contribution in [3.05, 3.63) is 29.8 Å². The molecule has 0 aliphatic heterocycles. The van der Waals surface area contributed by atoms with Crippen LogP contribution >= 0.6 is 0 Å². The van der Waals surface area contributed by atoms with Crippen molar-refractivity contribution in [3.63, 3.8) is 0 Å². The Balaban J connectivity index is 2.33. The van der Waals surface area contributed by atoms with Gasteiger partial charge in [0.2, 0.25) is 0 Å². The van der Waals surface area contributed by atoms with E-state index in [2.05, 4.69) is 12.1 Å². The Morgan fingerprint density at radius 2 is 1.75 bits per heavy atom. The number of rotatable bonds is 7. The monoisotopic (exact) mass is 221 g/mol. The van der Waals surface area contributed by atoms with Gasteiger partial charge in [0.15, 0.2) is 0 Å². The molecule has 0 saturated carbocycles. The van der Waals surface area contributed by atoms with Crippen LogP contribution in [0.25, 0.3) is 0 Å². The quantitative estimate of drug-likeness (QED) is 0.646. The Bertz CT molecular complexity index is 277. The zero-order valence-corrected chi connectivity index (χ0v) is 10.2. The first-order chi connectivity index (χ1) is 7.72. The van der Waals surface area contributed by atoms with Gasteiger partial charge in [-0.15, -0.1) is 0 Å². The fourth-order valence-corrected chi connectivity index (χ4v) is 1.61. The summed E-state index contributed by atoms with van der Waals surface area (Å²) < 4.78 is 5.57. The molecule has 0 fully saturated rings. The largest absolute Gasteiger partial charge is 0.491 e. The van der Waals surface area contributed by atoms with Gasteiger partial charge in [-0.25, -0.2) is 5.11 Å². The van der Waals surface area contributed by atoms with Crippen molar-refractivity contribution >= 4 is 0 Å². The molecule has 2 nitrogen and oxygen atoms in total. The molecule has 0 atom stereocenters. The minimum absolute atomic E-state index is 0.0567. The van der Waals surface area contributed by atoms with Gasteiger partial charge in [0.05, 0.1) is 12.7 Å². The number of hydrogen-bond acceptors (Lipinski definition) is 1. The molecule has 2 heteroatoms. The van der Waals surface area contributed by atoms with Gasteiger partial charge in [0, 0.05) is 0 Å². The van der Waals surface area contributed by atoms with Crippen LogP contribution in [0.15, 0.2) is 24.3 Å². The predicted octanol–water partition coefficient (Wildman–Crippen LogP) is 3.62. The summed E-state index contributed by atoms with van der Waals surface area (Å²) in [6, 6.07) is 8.25. The van der Waals surface area contributed by atoms with Crippen molar-refractivity contribution in [2.75, 3.05) is 6.61 Å². The molecule has 1 aromatic rings. The maximum absolute atomic E-state index is 10.3. The van der Waals surface area contributed by atoms with E-state index >= 15 is 0 Å². The Morgan fingerprint density at radius 3 is 2.31 bits per heavy atom. The summed E-state index contributed by atoms with van der Waals surface area (Å²) in [7, 11) is 0. The standard InChI is InChI=1S/C14H21O2/c1-12(2)16-14-9-7-13(8-10-14)6-4-3-5-11-15/h7-10,12H,3-6,11H2,1-2H3. The van der Waals surface area contributed by atoms with E-state index in [0.29, 0.717) is 0 Å². The second kappa shape index (κ2) is 7.29. The minimum Gasteiger partial charge on any atom is -0.491 e. The summed E-state index contributed by atoms with van der Waals surface area (Å²) in [4.78, 5) is 0. The summed E-state index contributed by atoms with van der Waals surface area (Å²) in [6.45, 7) is 4.11. The molecule has 1 aromatic carbocycles. The lowest BCUT2D eigenvalue weighted by molar-refractivity contribution is 0.186. The maximum atomic E-state index is 10.3. The Hall–Kier alpha value is -1.02. The first kappa shape index (κ1) is 13.0. The van der Waals surface area contributed by atoms with E-state index in [1.54, 1.807) is 0 Å². The molecule has 0 heterocycles. The Kier molecular flexibility index (Phi) is 5.94. The van der Waals surface area contributed by atoms with Crippen LogP contribution in [0, 0.1) is 0 Å². The highest BCUT2D eigenvalue weighted by Gasteiger charge is 1.98. The highest BCUT2D eigenvalue weighted by molar-refractivity contribution is 5.27. The summed E-state index contributed by atoms with van der Waals surface area (Å²) >= 11 is 0. The number of unbranched alkanes of at least 4 members (excludes halogenated alkanes) is 2. The average molecular weight is 221 g/mol. The molecule has 0 aliphatic carbocycles. The Labute approximate surface area is 98.3 Å². The van der Waals surface area contributed by atoms with Crippen molar-refractivity contribution in [2.45, 2.75) is 45.6 Å². The molecule has 0 N–H and O–H groups in total. The fraction of sp³-hybridized carbons (Fsp3) is 0.571. The molecule has 0 bridgehead atoms. The lowest BCUT2D eigenvalue weighted by Crippen LogP contribution is -2.05. The molecule has 89 valence electrons. The first-order valence-corrected chi connectivity index (χ1v) is 6.06. The number of benzene rings is 1. The van der Waals surface area contributed by atoms with Gasteiger partial charge in [-0.1, -0.05) is 18.6 Å². The number of ether oxygens (including phenoxy) is 1. The van der Waals surface area contributed by atoms with Gasteiger partial charge in [-0.05, 0) is 50.8 Å². The van der Waals surface area contributed by atoms with E-state index < -0.39 is 0 Å². The zero-order chi connectivity index (χ0) is 11.8.